The van der Waals surface area contributed by atoms with E-state index in [9.17, 15) is 8.42 Å². The van der Waals surface area contributed by atoms with Crippen LogP contribution in [0.1, 0.15) is 0 Å². The van der Waals surface area contributed by atoms with Crippen molar-refractivity contribution in [3.8, 4) is 0 Å². The average Bonchev–Trinajstić information content (AvgIpc) is 3.11. The van der Waals surface area contributed by atoms with Gasteiger partial charge in [-0.25, -0.2) is 0 Å². The second-order valence-corrected chi connectivity index (χ2v) is 21.2. The molecule has 6 aromatic rings. The van der Waals surface area contributed by atoms with Gasteiger partial charge in [-0.2, -0.15) is 0 Å². The van der Waals surface area contributed by atoms with E-state index in [2.05, 4.69) is 36.4 Å². The molecule has 0 fully saturated rings. The Morgan fingerprint density at radius 3 is 1.02 bits per heavy atom. The second-order valence-electron chi connectivity index (χ2n) is 10.7. The Bertz CT molecular complexity index is 1880. The van der Waals surface area contributed by atoms with Crippen molar-refractivity contribution in [2.75, 3.05) is 6.26 Å². The third-order valence-electron chi connectivity index (χ3n) is 8.25. The van der Waals surface area contributed by atoms with Crippen molar-refractivity contribution in [3.63, 3.8) is 0 Å². The third kappa shape index (κ3) is 5.19. The van der Waals surface area contributed by atoms with Gasteiger partial charge in [-0.3, -0.25) is 0 Å². The zero-order valence-electron chi connectivity index (χ0n) is 25.1. The molecule has 0 unspecified atom stereocenters. The van der Waals surface area contributed by atoms with Gasteiger partial charge in [0, 0.05) is 0 Å². The van der Waals surface area contributed by atoms with Crippen LogP contribution in [0.2, 0.25) is 0 Å². The molecule has 0 radical (unpaired) electrons. The summed E-state index contributed by atoms with van der Waals surface area (Å²) < 4.78 is 50.2. The van der Waals surface area contributed by atoms with Gasteiger partial charge in [0.2, 0.25) is 0 Å². The third-order valence-corrected chi connectivity index (χ3v) is 23.9. The number of rotatable bonds is 10. The van der Waals surface area contributed by atoms with Gasteiger partial charge >= 0.3 is 277 Å². The standard InChI is InChI=1S/C38H33FO3P2S2/c1-45-38(43(32-20-8-2-9-21-32,33-22-10-3-11-23-33)34-24-12-4-13-25-34)44(42-46(39,40)41,35-26-14-5-15-27-35,36-28-16-6-17-29-36)37-30-18-7-19-31-37/h2-31H,1H3. The molecule has 0 heterocycles. The summed E-state index contributed by atoms with van der Waals surface area (Å²) in [6.07, 6.45) is 1.96. The molecule has 6 rings (SSSR count). The number of thioether (sulfide) groups is 1. The van der Waals surface area contributed by atoms with Gasteiger partial charge in [0.25, 0.3) is 0 Å². The number of halogens is 1. The summed E-state index contributed by atoms with van der Waals surface area (Å²) in [6, 6.07) is 58.6. The summed E-state index contributed by atoms with van der Waals surface area (Å²) in [5.74, 6) is 0. The van der Waals surface area contributed by atoms with E-state index >= 15 is 3.89 Å². The van der Waals surface area contributed by atoms with Crippen LogP contribution in [-0.2, 0) is 14.5 Å². The molecule has 0 N–H and O–H groups in total. The first-order chi connectivity index (χ1) is 22.4. The molecule has 0 aliphatic rings. The van der Waals surface area contributed by atoms with Crippen molar-refractivity contribution in [2.45, 2.75) is 0 Å². The summed E-state index contributed by atoms with van der Waals surface area (Å²) in [5.41, 5.74) is 0. The molecular weight excluding hydrogens is 649 g/mol. The van der Waals surface area contributed by atoms with Crippen molar-refractivity contribution in [1.82, 2.24) is 0 Å². The topological polar surface area (TPSA) is 43.4 Å². The Labute approximate surface area is 275 Å². The van der Waals surface area contributed by atoms with Crippen molar-refractivity contribution >= 4 is 72.2 Å². The van der Waals surface area contributed by atoms with Crippen molar-refractivity contribution in [3.05, 3.63) is 182 Å². The Kier molecular flexibility index (Phi) is 9.21. The van der Waals surface area contributed by atoms with Gasteiger partial charge in [-0.05, 0) is 0 Å². The van der Waals surface area contributed by atoms with Gasteiger partial charge < -0.3 is 0 Å². The molecule has 3 nitrogen and oxygen atoms in total. The van der Waals surface area contributed by atoms with E-state index in [1.807, 2.05) is 152 Å². The van der Waals surface area contributed by atoms with Crippen LogP contribution in [-0.4, -0.2) is 19.0 Å². The van der Waals surface area contributed by atoms with E-state index in [1.165, 1.54) is 11.8 Å². The SMILES string of the molecule is CSC(=P(c1ccccc1)(c1ccccc1)c1ccccc1)P(OS(=O)(=O)F)(c1ccccc1)(c1ccccc1)c1ccccc1. The number of hydrogen-bond acceptors (Lipinski definition) is 4. The van der Waals surface area contributed by atoms with Crippen molar-refractivity contribution in [2.24, 2.45) is 0 Å². The molecule has 8 heteroatoms. The van der Waals surface area contributed by atoms with E-state index in [0.29, 0.717) is 15.9 Å². The quantitative estimate of drug-likeness (QED) is 0.114. The predicted molar refractivity (Wildman–Crippen MR) is 200 cm³/mol. The molecule has 0 atom stereocenters. The van der Waals surface area contributed by atoms with Crippen LogP contribution in [0.4, 0.5) is 3.89 Å². The van der Waals surface area contributed by atoms with Crippen LogP contribution in [0.3, 0.4) is 0 Å². The minimum absolute atomic E-state index is 0.587. The predicted octanol–water partition coefficient (Wildman–Crippen LogP) is 7.11. The zero-order valence-corrected chi connectivity index (χ0v) is 28.6. The van der Waals surface area contributed by atoms with Crippen molar-refractivity contribution < 1.29 is 16.3 Å². The first kappa shape index (κ1) is 32.2. The van der Waals surface area contributed by atoms with Gasteiger partial charge in [0.15, 0.2) is 0 Å². The van der Waals surface area contributed by atoms with E-state index in [4.69, 9.17) is 3.97 Å². The van der Waals surface area contributed by atoms with Gasteiger partial charge in [-0.1, -0.05) is 0 Å². The normalized spacial score (nSPS) is 13.0. The first-order valence-corrected chi connectivity index (χ1v) is 21.2. The zero-order chi connectivity index (χ0) is 32.1. The van der Waals surface area contributed by atoms with Crippen LogP contribution in [0.5, 0.6) is 0 Å². The Balaban J connectivity index is 2.11. The number of hydrogen-bond donors (Lipinski definition) is 0. The monoisotopic (exact) mass is 682 g/mol. The van der Waals surface area contributed by atoms with Gasteiger partial charge in [0.05, 0.1) is 0 Å². The van der Waals surface area contributed by atoms with Crippen LogP contribution < -0.4 is 31.8 Å². The summed E-state index contributed by atoms with van der Waals surface area (Å²) >= 11 is 1.46. The molecule has 0 spiro atoms. The fraction of sp³-hybridized carbons (Fsp3) is 0.0263. The van der Waals surface area contributed by atoms with Crippen LogP contribution >= 0.6 is 25.5 Å². The van der Waals surface area contributed by atoms with Gasteiger partial charge in [0.1, 0.15) is 0 Å². The number of benzene rings is 6. The molecule has 46 heavy (non-hydrogen) atoms. The second kappa shape index (κ2) is 13.2. The summed E-state index contributed by atoms with van der Waals surface area (Å²) in [5, 5.41) is 4.74. The maximum atomic E-state index is 16.1. The Hall–Kier alpha value is -3.76. The van der Waals surface area contributed by atoms with Gasteiger partial charge in [-0.15, -0.1) is 0 Å². The van der Waals surface area contributed by atoms with Crippen LogP contribution in [0.25, 0.3) is 0 Å². The molecule has 0 saturated carbocycles. The Morgan fingerprint density at radius 2 is 0.783 bits per heavy atom. The van der Waals surface area contributed by atoms with E-state index in [0.717, 1.165) is 20.3 Å². The maximum absolute atomic E-state index is 16.1. The average molecular weight is 683 g/mol. The van der Waals surface area contributed by atoms with Crippen LogP contribution in [0, 0.1) is 0 Å². The molecule has 0 amide bonds. The molecular formula is C38H33FO3P2S2. The fourth-order valence-electron chi connectivity index (χ4n) is 6.59. The molecule has 0 saturated heterocycles. The van der Waals surface area contributed by atoms with E-state index in [1.54, 1.807) is 0 Å². The molecule has 0 bridgehead atoms. The molecule has 0 aliphatic carbocycles. The molecule has 6 aromatic carbocycles. The van der Waals surface area contributed by atoms with E-state index < -0.39 is 24.2 Å². The minimum atomic E-state index is -5.60. The first-order valence-electron chi connectivity index (χ1n) is 14.7. The van der Waals surface area contributed by atoms with Crippen molar-refractivity contribution in [1.29, 1.82) is 0 Å². The summed E-state index contributed by atoms with van der Waals surface area (Å²) in [6.45, 7) is -8.06. The Morgan fingerprint density at radius 1 is 0.522 bits per heavy atom. The molecule has 232 valence electrons. The fourth-order valence-corrected chi connectivity index (χ4v) is 25.8. The summed E-state index contributed by atoms with van der Waals surface area (Å²) in [4.78, 5) is 0. The molecule has 0 aromatic heterocycles. The molecule has 0 aliphatic heterocycles. The van der Waals surface area contributed by atoms with Crippen LogP contribution in [0.15, 0.2) is 182 Å². The van der Waals surface area contributed by atoms with E-state index in [-0.39, 0.29) is 0 Å². The summed E-state index contributed by atoms with van der Waals surface area (Å²) in [7, 11) is -5.60.